The van der Waals surface area contributed by atoms with Crippen LogP contribution in [0, 0.1) is 0 Å². The molecule has 0 heterocycles. The smallest absolute Gasteiger partial charge is 0.211 e. The SMILES string of the molecule is CCC(NC=O)[N+](C)(C)CC. The average molecular weight is 159 g/mol. The van der Waals surface area contributed by atoms with Gasteiger partial charge in [-0.2, -0.15) is 0 Å². The molecule has 0 spiro atoms. The van der Waals surface area contributed by atoms with Gasteiger partial charge < -0.3 is 9.80 Å². The molecule has 3 nitrogen and oxygen atoms in total. The molecule has 1 unspecified atom stereocenters. The van der Waals surface area contributed by atoms with Crippen LogP contribution < -0.4 is 5.32 Å². The average Bonchev–Trinajstić information content (AvgIpc) is 2.00. The van der Waals surface area contributed by atoms with Crippen LogP contribution in [0.25, 0.3) is 0 Å². The Hall–Kier alpha value is -0.570. The van der Waals surface area contributed by atoms with Crippen LogP contribution in [0.5, 0.6) is 0 Å². The standard InChI is InChI=1S/C8H18N2O/c1-5-8(9-7-11)10(3,4)6-2/h7-8H,5-6H2,1-4H3/p+1. The summed E-state index contributed by atoms with van der Waals surface area (Å²) >= 11 is 0. The Kier molecular flexibility index (Phi) is 4.11. The number of rotatable bonds is 5. The summed E-state index contributed by atoms with van der Waals surface area (Å²) in [5.41, 5.74) is 0. The maximum absolute atomic E-state index is 10.2. The lowest BCUT2D eigenvalue weighted by molar-refractivity contribution is -0.915. The molecule has 1 atom stereocenters. The summed E-state index contributed by atoms with van der Waals surface area (Å²) in [6, 6.07) is 0. The molecule has 0 saturated carbocycles. The molecule has 0 bridgehead atoms. The van der Waals surface area contributed by atoms with Gasteiger partial charge in [0.2, 0.25) is 6.41 Å². The van der Waals surface area contributed by atoms with E-state index < -0.39 is 0 Å². The van der Waals surface area contributed by atoms with Crippen LogP contribution in [0.4, 0.5) is 0 Å². The number of nitrogens with zero attached hydrogens (tertiary/aromatic N) is 1. The quantitative estimate of drug-likeness (QED) is 0.354. The molecule has 11 heavy (non-hydrogen) atoms. The molecular formula is C8H19N2O+. The van der Waals surface area contributed by atoms with Gasteiger partial charge in [0, 0.05) is 6.42 Å². The molecule has 1 amide bonds. The monoisotopic (exact) mass is 159 g/mol. The lowest BCUT2D eigenvalue weighted by Crippen LogP contribution is -2.55. The molecule has 0 saturated heterocycles. The van der Waals surface area contributed by atoms with Crippen molar-refractivity contribution in [1.29, 1.82) is 0 Å². The van der Waals surface area contributed by atoms with Crippen LogP contribution in [0.15, 0.2) is 0 Å². The first kappa shape index (κ1) is 10.4. The van der Waals surface area contributed by atoms with Crippen LogP contribution in [-0.4, -0.2) is 37.7 Å². The van der Waals surface area contributed by atoms with E-state index in [-0.39, 0.29) is 6.17 Å². The second kappa shape index (κ2) is 4.34. The van der Waals surface area contributed by atoms with E-state index in [9.17, 15) is 4.79 Å². The normalized spacial score (nSPS) is 14.2. The first-order valence-corrected chi connectivity index (χ1v) is 4.10. The Labute approximate surface area is 69.0 Å². The van der Waals surface area contributed by atoms with Crippen molar-refractivity contribution in [3.8, 4) is 0 Å². The second-order valence-electron chi connectivity index (χ2n) is 3.30. The summed E-state index contributed by atoms with van der Waals surface area (Å²) < 4.78 is 0.842. The minimum absolute atomic E-state index is 0.248. The van der Waals surface area contributed by atoms with E-state index in [4.69, 9.17) is 0 Å². The minimum atomic E-state index is 0.248. The van der Waals surface area contributed by atoms with Crippen molar-refractivity contribution in [2.45, 2.75) is 26.4 Å². The fourth-order valence-corrected chi connectivity index (χ4v) is 1.11. The highest BCUT2D eigenvalue weighted by Gasteiger charge is 2.23. The lowest BCUT2D eigenvalue weighted by atomic mass is 10.3. The van der Waals surface area contributed by atoms with E-state index in [1.165, 1.54) is 0 Å². The summed E-state index contributed by atoms with van der Waals surface area (Å²) in [6.45, 7) is 5.23. The summed E-state index contributed by atoms with van der Waals surface area (Å²) in [6.07, 6.45) is 2.00. The van der Waals surface area contributed by atoms with E-state index in [0.717, 1.165) is 23.9 Å². The van der Waals surface area contributed by atoms with Crippen LogP contribution in [0.2, 0.25) is 0 Å². The van der Waals surface area contributed by atoms with Crippen LogP contribution >= 0.6 is 0 Å². The van der Waals surface area contributed by atoms with Gasteiger partial charge in [-0.3, -0.25) is 4.79 Å². The van der Waals surface area contributed by atoms with Gasteiger partial charge in [0.15, 0.2) is 6.17 Å². The minimum Gasteiger partial charge on any atom is -0.309 e. The lowest BCUT2D eigenvalue weighted by Gasteiger charge is -2.35. The molecule has 1 N–H and O–H groups in total. The van der Waals surface area contributed by atoms with Gasteiger partial charge in [-0.15, -0.1) is 0 Å². The number of amides is 1. The van der Waals surface area contributed by atoms with Gasteiger partial charge in [0.25, 0.3) is 0 Å². The van der Waals surface area contributed by atoms with Crippen LogP contribution in [0.3, 0.4) is 0 Å². The molecule has 0 aliphatic heterocycles. The fourth-order valence-electron chi connectivity index (χ4n) is 1.11. The van der Waals surface area contributed by atoms with Crippen molar-refractivity contribution in [2.75, 3.05) is 20.6 Å². The number of quaternary nitrogens is 1. The van der Waals surface area contributed by atoms with Crippen molar-refractivity contribution < 1.29 is 9.28 Å². The molecule has 0 aromatic heterocycles. The molecule has 0 aliphatic carbocycles. The Morgan fingerprint density at radius 2 is 2.00 bits per heavy atom. The largest absolute Gasteiger partial charge is 0.309 e. The molecule has 0 aromatic carbocycles. The van der Waals surface area contributed by atoms with Crippen LogP contribution in [0.1, 0.15) is 20.3 Å². The zero-order valence-corrected chi connectivity index (χ0v) is 7.92. The first-order valence-electron chi connectivity index (χ1n) is 4.10. The number of carbonyl (C=O) groups excluding carboxylic acids is 1. The van der Waals surface area contributed by atoms with Crippen LogP contribution in [-0.2, 0) is 4.79 Å². The number of nitrogens with one attached hydrogen (secondary N) is 1. The third kappa shape index (κ3) is 2.89. The molecule has 0 aromatic rings. The molecule has 0 radical (unpaired) electrons. The highest BCUT2D eigenvalue weighted by Crippen LogP contribution is 2.05. The Morgan fingerprint density at radius 1 is 1.45 bits per heavy atom. The summed E-state index contributed by atoms with van der Waals surface area (Å²) in [7, 11) is 4.23. The third-order valence-corrected chi connectivity index (χ3v) is 2.31. The van der Waals surface area contributed by atoms with Crippen molar-refractivity contribution in [1.82, 2.24) is 5.32 Å². The van der Waals surface area contributed by atoms with E-state index in [0.29, 0.717) is 0 Å². The molecule has 66 valence electrons. The summed E-state index contributed by atoms with van der Waals surface area (Å²) in [5, 5.41) is 2.82. The fraction of sp³-hybridized carbons (Fsp3) is 0.875. The molecule has 0 fully saturated rings. The predicted octanol–water partition coefficient (Wildman–Crippen LogP) is 0.565. The van der Waals surface area contributed by atoms with Gasteiger partial charge in [-0.25, -0.2) is 0 Å². The molecule has 0 rings (SSSR count). The molecular weight excluding hydrogens is 140 g/mol. The Balaban J connectivity index is 4.10. The number of carbonyl (C=O) groups is 1. The predicted molar refractivity (Wildman–Crippen MR) is 45.9 cm³/mol. The second-order valence-corrected chi connectivity index (χ2v) is 3.30. The van der Waals surface area contributed by atoms with Crippen molar-refractivity contribution in [2.24, 2.45) is 0 Å². The summed E-state index contributed by atoms with van der Waals surface area (Å²) in [5.74, 6) is 0. The zero-order chi connectivity index (χ0) is 8.91. The number of hydrogen-bond donors (Lipinski definition) is 1. The summed E-state index contributed by atoms with van der Waals surface area (Å²) in [4.78, 5) is 10.2. The Morgan fingerprint density at radius 3 is 2.27 bits per heavy atom. The van der Waals surface area contributed by atoms with E-state index in [1.54, 1.807) is 0 Å². The van der Waals surface area contributed by atoms with Gasteiger partial charge in [-0.05, 0) is 6.92 Å². The Bertz CT molecular complexity index is 123. The topological polar surface area (TPSA) is 29.1 Å². The van der Waals surface area contributed by atoms with Gasteiger partial charge in [0.05, 0.1) is 20.6 Å². The van der Waals surface area contributed by atoms with Gasteiger partial charge in [-0.1, -0.05) is 6.92 Å². The van der Waals surface area contributed by atoms with E-state index >= 15 is 0 Å². The van der Waals surface area contributed by atoms with E-state index in [2.05, 4.69) is 33.3 Å². The molecule has 0 aliphatic rings. The van der Waals surface area contributed by atoms with E-state index in [1.807, 2.05) is 0 Å². The van der Waals surface area contributed by atoms with Crippen molar-refractivity contribution in [3.05, 3.63) is 0 Å². The number of hydrogen-bond acceptors (Lipinski definition) is 1. The van der Waals surface area contributed by atoms with Crippen molar-refractivity contribution >= 4 is 6.41 Å². The third-order valence-electron chi connectivity index (χ3n) is 2.31. The van der Waals surface area contributed by atoms with Gasteiger partial charge >= 0.3 is 0 Å². The maximum atomic E-state index is 10.2. The van der Waals surface area contributed by atoms with Gasteiger partial charge in [0.1, 0.15) is 0 Å². The first-order chi connectivity index (χ1) is 5.08. The maximum Gasteiger partial charge on any atom is 0.211 e. The van der Waals surface area contributed by atoms with Crippen molar-refractivity contribution in [3.63, 3.8) is 0 Å². The molecule has 3 heteroatoms. The highest BCUT2D eigenvalue weighted by molar-refractivity contribution is 5.46. The zero-order valence-electron chi connectivity index (χ0n) is 7.92. The highest BCUT2D eigenvalue weighted by atomic mass is 16.1.